The van der Waals surface area contributed by atoms with Crippen LogP contribution in [0.2, 0.25) is 0 Å². The molecule has 0 aliphatic carbocycles. The lowest BCUT2D eigenvalue weighted by molar-refractivity contribution is 0.0950. The summed E-state index contributed by atoms with van der Waals surface area (Å²) < 4.78 is 3.76. The highest BCUT2D eigenvalue weighted by molar-refractivity contribution is 9.12. The van der Waals surface area contributed by atoms with Crippen LogP contribution in [-0.2, 0) is 13.6 Å². The molecule has 0 fully saturated rings. The van der Waals surface area contributed by atoms with Crippen LogP contribution >= 0.6 is 43.2 Å². The Morgan fingerprint density at radius 3 is 2.82 bits per heavy atom. The van der Waals surface area contributed by atoms with E-state index < -0.39 is 0 Å². The summed E-state index contributed by atoms with van der Waals surface area (Å²) in [6, 6.07) is 5.76. The van der Waals surface area contributed by atoms with Crippen molar-refractivity contribution in [3.05, 3.63) is 43.2 Å². The molecule has 90 valence electrons. The fourth-order valence-electron chi connectivity index (χ4n) is 1.44. The van der Waals surface area contributed by atoms with Gasteiger partial charge in [-0.2, -0.15) is 0 Å². The summed E-state index contributed by atoms with van der Waals surface area (Å²) in [6.07, 6.45) is 1.96. The summed E-state index contributed by atoms with van der Waals surface area (Å²) in [4.78, 5) is 11.9. The van der Waals surface area contributed by atoms with Crippen molar-refractivity contribution in [2.24, 2.45) is 7.05 Å². The van der Waals surface area contributed by atoms with Gasteiger partial charge in [-0.15, -0.1) is 11.3 Å². The first-order valence-corrected chi connectivity index (χ1v) is 7.31. The molecule has 0 radical (unpaired) electrons. The lowest BCUT2D eigenvalue weighted by Gasteiger charge is -2.05. The van der Waals surface area contributed by atoms with E-state index >= 15 is 0 Å². The van der Waals surface area contributed by atoms with Gasteiger partial charge < -0.3 is 9.88 Å². The number of aryl methyl sites for hydroxylation is 1. The molecular weight excluding hydrogens is 368 g/mol. The summed E-state index contributed by atoms with van der Waals surface area (Å²) in [7, 11) is 1.96. The lowest BCUT2D eigenvalue weighted by Crippen LogP contribution is -2.23. The third-order valence-corrected chi connectivity index (χ3v) is 4.72. The molecular formula is C11H10Br2N2OS. The highest BCUT2D eigenvalue weighted by atomic mass is 79.9. The molecule has 0 atom stereocenters. The van der Waals surface area contributed by atoms with E-state index in [0.717, 1.165) is 13.3 Å². The monoisotopic (exact) mass is 376 g/mol. The second-order valence-corrected chi connectivity index (χ2v) is 7.28. The van der Waals surface area contributed by atoms with Crippen LogP contribution in [-0.4, -0.2) is 10.5 Å². The second kappa shape index (κ2) is 5.37. The maximum atomic E-state index is 11.9. The molecule has 1 N–H and O–H groups in total. The molecule has 0 saturated heterocycles. The minimum atomic E-state index is -0.0694. The van der Waals surface area contributed by atoms with E-state index in [4.69, 9.17) is 0 Å². The third-order valence-electron chi connectivity index (χ3n) is 2.38. The Kier molecular flexibility index (Phi) is 4.06. The smallest absolute Gasteiger partial charge is 0.253 e. The van der Waals surface area contributed by atoms with Gasteiger partial charge in [0.05, 0.1) is 19.7 Å². The van der Waals surface area contributed by atoms with Crippen molar-refractivity contribution in [2.45, 2.75) is 6.54 Å². The molecule has 2 heterocycles. The van der Waals surface area contributed by atoms with Gasteiger partial charge in [0.1, 0.15) is 0 Å². The normalized spacial score (nSPS) is 10.5. The topological polar surface area (TPSA) is 34.0 Å². The Labute approximate surface area is 120 Å². The Morgan fingerprint density at radius 2 is 2.29 bits per heavy atom. The van der Waals surface area contributed by atoms with Crippen LogP contribution in [0.5, 0.6) is 0 Å². The van der Waals surface area contributed by atoms with Crippen molar-refractivity contribution < 1.29 is 4.79 Å². The number of aromatic nitrogens is 1. The fourth-order valence-corrected chi connectivity index (χ4v) is 4.23. The highest BCUT2D eigenvalue weighted by Crippen LogP contribution is 2.31. The van der Waals surface area contributed by atoms with Gasteiger partial charge in [-0.05, 0) is 50.1 Å². The molecule has 17 heavy (non-hydrogen) atoms. The molecule has 6 heteroatoms. The number of thiophene rings is 1. The standard InChI is InChI=1S/C11H10Br2N2OS/c1-15-4-2-3-7(15)6-14-11(16)8-5-9(12)17-10(8)13/h2-5H,6H2,1H3,(H,14,16). The summed E-state index contributed by atoms with van der Waals surface area (Å²) >= 11 is 8.22. The van der Waals surface area contributed by atoms with E-state index in [1.165, 1.54) is 11.3 Å². The van der Waals surface area contributed by atoms with Gasteiger partial charge in [0, 0.05) is 18.9 Å². The number of hydrogen-bond donors (Lipinski definition) is 1. The fraction of sp³-hybridized carbons (Fsp3) is 0.182. The van der Waals surface area contributed by atoms with Crippen LogP contribution in [0.1, 0.15) is 16.1 Å². The van der Waals surface area contributed by atoms with E-state index in [0.29, 0.717) is 12.1 Å². The van der Waals surface area contributed by atoms with Gasteiger partial charge in [0.25, 0.3) is 5.91 Å². The Morgan fingerprint density at radius 1 is 1.53 bits per heavy atom. The van der Waals surface area contributed by atoms with Gasteiger partial charge in [-0.1, -0.05) is 0 Å². The maximum Gasteiger partial charge on any atom is 0.253 e. The van der Waals surface area contributed by atoms with Crippen LogP contribution < -0.4 is 5.32 Å². The first-order chi connectivity index (χ1) is 8.08. The van der Waals surface area contributed by atoms with Crippen molar-refractivity contribution >= 4 is 49.1 Å². The zero-order chi connectivity index (χ0) is 12.4. The predicted octanol–water partition coefficient (Wildman–Crippen LogP) is 3.54. The number of amides is 1. The molecule has 0 spiro atoms. The van der Waals surface area contributed by atoms with Gasteiger partial charge in [0.2, 0.25) is 0 Å². The molecule has 2 rings (SSSR count). The van der Waals surface area contributed by atoms with Gasteiger partial charge >= 0.3 is 0 Å². The molecule has 0 aromatic carbocycles. The number of nitrogens with one attached hydrogen (secondary N) is 1. The Hall–Kier alpha value is -0.590. The van der Waals surface area contributed by atoms with Crippen molar-refractivity contribution in [2.75, 3.05) is 0 Å². The molecule has 0 unspecified atom stereocenters. The minimum Gasteiger partial charge on any atom is -0.353 e. The van der Waals surface area contributed by atoms with Crippen LogP contribution in [0.25, 0.3) is 0 Å². The maximum absolute atomic E-state index is 11.9. The number of hydrogen-bond acceptors (Lipinski definition) is 2. The van der Waals surface area contributed by atoms with Crippen LogP contribution in [0.4, 0.5) is 0 Å². The molecule has 0 aliphatic heterocycles. The van der Waals surface area contributed by atoms with Gasteiger partial charge in [-0.3, -0.25) is 4.79 Å². The molecule has 2 aromatic rings. The molecule has 0 saturated carbocycles. The van der Waals surface area contributed by atoms with Crippen molar-refractivity contribution in [1.82, 2.24) is 9.88 Å². The summed E-state index contributed by atoms with van der Waals surface area (Å²) in [5.41, 5.74) is 1.74. The quantitative estimate of drug-likeness (QED) is 0.871. The van der Waals surface area contributed by atoms with Crippen LogP contribution in [0.3, 0.4) is 0 Å². The lowest BCUT2D eigenvalue weighted by atomic mass is 10.3. The van der Waals surface area contributed by atoms with Gasteiger partial charge in [-0.25, -0.2) is 0 Å². The zero-order valence-electron chi connectivity index (χ0n) is 9.04. The number of rotatable bonds is 3. The zero-order valence-corrected chi connectivity index (χ0v) is 13.0. The third kappa shape index (κ3) is 3.00. The van der Waals surface area contributed by atoms with E-state index in [9.17, 15) is 4.79 Å². The molecule has 3 nitrogen and oxygen atoms in total. The summed E-state index contributed by atoms with van der Waals surface area (Å²) in [6.45, 7) is 0.530. The Bertz CT molecular complexity index is 547. The van der Waals surface area contributed by atoms with Gasteiger partial charge in [0.15, 0.2) is 0 Å². The first kappa shape index (κ1) is 12.9. The average molecular weight is 378 g/mol. The average Bonchev–Trinajstić information content (AvgIpc) is 2.81. The minimum absolute atomic E-state index is 0.0694. The van der Waals surface area contributed by atoms with E-state index in [1.54, 1.807) is 0 Å². The van der Waals surface area contributed by atoms with Crippen molar-refractivity contribution in [3.63, 3.8) is 0 Å². The molecule has 2 aromatic heterocycles. The van der Waals surface area contributed by atoms with E-state index in [-0.39, 0.29) is 5.91 Å². The number of halogens is 2. The molecule has 0 bridgehead atoms. The Balaban J connectivity index is 2.03. The highest BCUT2D eigenvalue weighted by Gasteiger charge is 2.13. The predicted molar refractivity (Wildman–Crippen MR) is 76.3 cm³/mol. The number of nitrogens with zero attached hydrogens (tertiary/aromatic N) is 1. The number of carbonyl (C=O) groups is 1. The summed E-state index contributed by atoms with van der Waals surface area (Å²) in [5, 5.41) is 2.89. The molecule has 0 aliphatic rings. The number of carbonyl (C=O) groups excluding carboxylic acids is 1. The summed E-state index contributed by atoms with van der Waals surface area (Å²) in [5.74, 6) is -0.0694. The molecule has 1 amide bonds. The largest absolute Gasteiger partial charge is 0.353 e. The van der Waals surface area contributed by atoms with E-state index in [1.807, 2.05) is 36.0 Å². The van der Waals surface area contributed by atoms with Crippen LogP contribution in [0, 0.1) is 0 Å². The SMILES string of the molecule is Cn1cccc1CNC(=O)c1cc(Br)sc1Br. The first-order valence-electron chi connectivity index (χ1n) is 4.91. The van der Waals surface area contributed by atoms with Crippen molar-refractivity contribution in [3.8, 4) is 0 Å². The second-order valence-electron chi connectivity index (χ2n) is 3.53. The van der Waals surface area contributed by atoms with Crippen molar-refractivity contribution in [1.29, 1.82) is 0 Å². The van der Waals surface area contributed by atoms with E-state index in [2.05, 4.69) is 37.2 Å². The van der Waals surface area contributed by atoms with Crippen LogP contribution in [0.15, 0.2) is 32.0 Å².